The van der Waals surface area contributed by atoms with Gasteiger partial charge in [-0.2, -0.15) is 5.10 Å². The normalized spacial score (nSPS) is 13.5. The van der Waals surface area contributed by atoms with E-state index in [0.29, 0.717) is 0 Å². The van der Waals surface area contributed by atoms with Crippen molar-refractivity contribution < 1.29 is 0 Å². The Morgan fingerprint density at radius 2 is 2.29 bits per heavy atom. The molecule has 1 aliphatic heterocycles. The lowest BCUT2D eigenvalue weighted by molar-refractivity contribution is 0.653. The lowest BCUT2D eigenvalue weighted by Crippen LogP contribution is -1.93. The average Bonchev–Trinajstić information content (AvgIpc) is 2.93. The molecule has 3 nitrogen and oxygen atoms in total. The molecule has 0 radical (unpaired) electrons. The van der Waals surface area contributed by atoms with Crippen LogP contribution in [0.3, 0.4) is 0 Å². The summed E-state index contributed by atoms with van der Waals surface area (Å²) < 4.78 is 1.99. The molecular formula is C14H17N3. The minimum Gasteiger partial charge on any atom is -0.384 e. The van der Waals surface area contributed by atoms with E-state index in [1.54, 1.807) is 0 Å². The van der Waals surface area contributed by atoms with Gasteiger partial charge in [0, 0.05) is 30.5 Å². The Morgan fingerprint density at radius 3 is 3.06 bits per heavy atom. The molecule has 1 aromatic heterocycles. The van der Waals surface area contributed by atoms with E-state index in [2.05, 4.69) is 48.7 Å². The topological polar surface area (TPSA) is 29.9 Å². The van der Waals surface area contributed by atoms with E-state index in [0.717, 1.165) is 25.2 Å². The first kappa shape index (κ1) is 10.4. The molecule has 3 heteroatoms. The molecule has 0 bridgehead atoms. The Kier molecular flexibility index (Phi) is 2.39. The Hall–Kier alpha value is -1.77. The van der Waals surface area contributed by atoms with E-state index in [1.807, 2.05) is 4.68 Å². The van der Waals surface area contributed by atoms with Crippen molar-refractivity contribution in [1.82, 2.24) is 9.78 Å². The second-order valence-corrected chi connectivity index (χ2v) is 4.53. The predicted molar refractivity (Wildman–Crippen MR) is 70.3 cm³/mol. The Labute approximate surface area is 101 Å². The van der Waals surface area contributed by atoms with E-state index in [4.69, 9.17) is 0 Å². The molecule has 3 rings (SSSR count). The summed E-state index contributed by atoms with van der Waals surface area (Å²) >= 11 is 0. The summed E-state index contributed by atoms with van der Waals surface area (Å²) in [6, 6.07) is 6.68. The van der Waals surface area contributed by atoms with Gasteiger partial charge >= 0.3 is 0 Å². The molecule has 0 saturated carbocycles. The van der Waals surface area contributed by atoms with E-state index >= 15 is 0 Å². The van der Waals surface area contributed by atoms with Crippen LogP contribution in [-0.4, -0.2) is 16.3 Å². The first-order chi connectivity index (χ1) is 8.28. The van der Waals surface area contributed by atoms with Crippen LogP contribution in [-0.2, 0) is 13.0 Å². The minimum atomic E-state index is 0.921. The van der Waals surface area contributed by atoms with Crippen LogP contribution in [0.25, 0.3) is 11.1 Å². The quantitative estimate of drug-likeness (QED) is 0.855. The van der Waals surface area contributed by atoms with Crippen molar-refractivity contribution in [2.24, 2.45) is 0 Å². The summed E-state index contributed by atoms with van der Waals surface area (Å²) in [5, 5.41) is 7.92. The highest BCUT2D eigenvalue weighted by atomic mass is 15.3. The molecule has 1 N–H and O–H groups in total. The molecule has 2 heterocycles. The molecule has 2 aromatic rings. The van der Waals surface area contributed by atoms with Crippen molar-refractivity contribution in [3.8, 4) is 11.1 Å². The van der Waals surface area contributed by atoms with Crippen LogP contribution < -0.4 is 5.32 Å². The molecule has 0 amide bonds. The standard InChI is InChI=1S/C14H17N3/c1-3-17-9-13(10(2)16-17)12-5-4-11-6-7-15-14(11)8-12/h4-5,8-9,15H,3,6-7H2,1-2H3. The fourth-order valence-electron chi connectivity index (χ4n) is 2.42. The minimum absolute atomic E-state index is 0.921. The molecule has 0 unspecified atom stereocenters. The van der Waals surface area contributed by atoms with Crippen molar-refractivity contribution in [1.29, 1.82) is 0 Å². The molecular weight excluding hydrogens is 210 g/mol. The van der Waals surface area contributed by atoms with Gasteiger partial charge in [0.25, 0.3) is 0 Å². The van der Waals surface area contributed by atoms with Gasteiger partial charge in [-0.25, -0.2) is 0 Å². The van der Waals surface area contributed by atoms with Crippen LogP contribution in [0, 0.1) is 6.92 Å². The monoisotopic (exact) mass is 227 g/mol. The van der Waals surface area contributed by atoms with Crippen LogP contribution >= 0.6 is 0 Å². The highest BCUT2D eigenvalue weighted by molar-refractivity contribution is 5.72. The van der Waals surface area contributed by atoms with E-state index < -0.39 is 0 Å². The van der Waals surface area contributed by atoms with Gasteiger partial charge in [-0.15, -0.1) is 0 Å². The van der Waals surface area contributed by atoms with Crippen LogP contribution in [0.4, 0.5) is 5.69 Å². The summed E-state index contributed by atoms with van der Waals surface area (Å²) in [5.41, 5.74) is 6.31. The molecule has 1 aromatic carbocycles. The molecule has 88 valence electrons. The van der Waals surface area contributed by atoms with E-state index in [1.165, 1.54) is 22.4 Å². The predicted octanol–water partition coefficient (Wildman–Crippen LogP) is 2.85. The third-order valence-corrected chi connectivity index (χ3v) is 3.40. The summed E-state index contributed by atoms with van der Waals surface area (Å²) in [5.74, 6) is 0. The first-order valence-corrected chi connectivity index (χ1v) is 6.19. The Balaban J connectivity index is 2.06. The smallest absolute Gasteiger partial charge is 0.0672 e. The number of nitrogens with one attached hydrogen (secondary N) is 1. The number of benzene rings is 1. The molecule has 17 heavy (non-hydrogen) atoms. The molecule has 1 aliphatic rings. The van der Waals surface area contributed by atoms with Crippen LogP contribution in [0.15, 0.2) is 24.4 Å². The van der Waals surface area contributed by atoms with E-state index in [9.17, 15) is 0 Å². The number of rotatable bonds is 2. The van der Waals surface area contributed by atoms with Crippen LogP contribution in [0.5, 0.6) is 0 Å². The van der Waals surface area contributed by atoms with Crippen molar-refractivity contribution in [2.45, 2.75) is 26.8 Å². The summed E-state index contributed by atoms with van der Waals surface area (Å²) in [6.45, 7) is 6.17. The maximum Gasteiger partial charge on any atom is 0.0672 e. The van der Waals surface area contributed by atoms with Crippen LogP contribution in [0.2, 0.25) is 0 Å². The highest BCUT2D eigenvalue weighted by Gasteiger charge is 2.13. The molecule has 0 aliphatic carbocycles. The molecule has 0 atom stereocenters. The number of aromatic nitrogens is 2. The van der Waals surface area contributed by atoms with Crippen molar-refractivity contribution >= 4 is 5.69 Å². The first-order valence-electron chi connectivity index (χ1n) is 6.19. The lowest BCUT2D eigenvalue weighted by atomic mass is 10.0. The molecule has 0 fully saturated rings. The highest BCUT2D eigenvalue weighted by Crippen LogP contribution is 2.30. The average molecular weight is 227 g/mol. The zero-order valence-electron chi connectivity index (χ0n) is 10.3. The molecule has 0 saturated heterocycles. The zero-order valence-corrected chi connectivity index (χ0v) is 10.3. The number of anilines is 1. The third-order valence-electron chi connectivity index (χ3n) is 3.40. The molecule has 0 spiro atoms. The zero-order chi connectivity index (χ0) is 11.8. The summed E-state index contributed by atoms with van der Waals surface area (Å²) in [4.78, 5) is 0. The van der Waals surface area contributed by atoms with Crippen molar-refractivity contribution in [3.63, 3.8) is 0 Å². The largest absolute Gasteiger partial charge is 0.384 e. The second-order valence-electron chi connectivity index (χ2n) is 4.53. The number of hydrogen-bond donors (Lipinski definition) is 1. The maximum absolute atomic E-state index is 4.50. The van der Waals surface area contributed by atoms with Crippen molar-refractivity contribution in [2.75, 3.05) is 11.9 Å². The third kappa shape index (κ3) is 1.71. The Morgan fingerprint density at radius 1 is 1.41 bits per heavy atom. The van der Waals surface area contributed by atoms with Gasteiger partial charge in [0.2, 0.25) is 0 Å². The fourth-order valence-corrected chi connectivity index (χ4v) is 2.42. The number of nitrogens with zero attached hydrogens (tertiary/aromatic N) is 2. The second kappa shape index (κ2) is 3.91. The SMILES string of the molecule is CCn1cc(-c2ccc3c(c2)NCC3)c(C)n1. The van der Waals surface area contributed by atoms with Crippen LogP contribution in [0.1, 0.15) is 18.2 Å². The maximum atomic E-state index is 4.50. The van der Waals surface area contributed by atoms with Gasteiger partial charge in [-0.3, -0.25) is 4.68 Å². The van der Waals surface area contributed by atoms with Gasteiger partial charge < -0.3 is 5.32 Å². The fraction of sp³-hybridized carbons (Fsp3) is 0.357. The van der Waals surface area contributed by atoms with Gasteiger partial charge in [0.15, 0.2) is 0 Å². The van der Waals surface area contributed by atoms with Crippen molar-refractivity contribution in [3.05, 3.63) is 35.7 Å². The van der Waals surface area contributed by atoms with Gasteiger partial charge in [0.1, 0.15) is 0 Å². The number of hydrogen-bond acceptors (Lipinski definition) is 2. The van der Waals surface area contributed by atoms with Gasteiger partial charge in [0.05, 0.1) is 5.69 Å². The van der Waals surface area contributed by atoms with E-state index in [-0.39, 0.29) is 0 Å². The van der Waals surface area contributed by atoms with Gasteiger partial charge in [-0.1, -0.05) is 12.1 Å². The lowest BCUT2D eigenvalue weighted by Gasteiger charge is -2.03. The van der Waals surface area contributed by atoms with Gasteiger partial charge in [-0.05, 0) is 37.5 Å². The summed E-state index contributed by atoms with van der Waals surface area (Å²) in [7, 11) is 0. The summed E-state index contributed by atoms with van der Waals surface area (Å²) in [6.07, 6.45) is 3.27. The number of fused-ring (bicyclic) bond motifs is 1. The number of aryl methyl sites for hydroxylation is 2. The Bertz CT molecular complexity index is 555.